The molecule has 1 amide bonds. The van der Waals surface area contributed by atoms with Gasteiger partial charge in [-0.05, 0) is 32.4 Å². The molecule has 2 heterocycles. The summed E-state index contributed by atoms with van der Waals surface area (Å²) in [6.07, 6.45) is 3.10. The van der Waals surface area contributed by atoms with E-state index in [1.807, 2.05) is 10.3 Å². The Balaban J connectivity index is 2.07. The molecular weight excluding hydrogens is 234 g/mol. The topological polar surface area (TPSA) is 45.2 Å². The fourth-order valence-corrected chi connectivity index (χ4v) is 2.80. The summed E-state index contributed by atoms with van der Waals surface area (Å²) >= 11 is 1.48. The fraction of sp³-hybridized carbons (Fsp3) is 0.667. The van der Waals surface area contributed by atoms with Gasteiger partial charge in [0, 0.05) is 18.0 Å². The first kappa shape index (κ1) is 12.5. The molecule has 17 heavy (non-hydrogen) atoms. The molecule has 1 N–H and O–H groups in total. The predicted octanol–water partition coefficient (Wildman–Crippen LogP) is 1.75. The Morgan fingerprint density at radius 1 is 1.59 bits per heavy atom. The first-order valence-corrected chi connectivity index (χ1v) is 7.17. The summed E-state index contributed by atoms with van der Waals surface area (Å²) in [5.41, 5.74) is 2.32. The largest absolute Gasteiger partial charge is 0.334 e. The van der Waals surface area contributed by atoms with Crippen molar-refractivity contribution in [2.45, 2.75) is 32.2 Å². The van der Waals surface area contributed by atoms with Gasteiger partial charge in [-0.2, -0.15) is 0 Å². The van der Waals surface area contributed by atoms with Crippen LogP contribution >= 0.6 is 11.3 Å². The Kier molecular flexibility index (Phi) is 4.50. The second-order valence-electron chi connectivity index (χ2n) is 4.35. The Labute approximate surface area is 106 Å². The molecule has 1 fully saturated rings. The number of nitrogens with zero attached hydrogens (tertiary/aromatic N) is 2. The summed E-state index contributed by atoms with van der Waals surface area (Å²) in [5, 5.41) is 5.17. The number of hydrogen-bond donors (Lipinski definition) is 1. The first-order valence-electron chi connectivity index (χ1n) is 6.22. The molecule has 1 aliphatic heterocycles. The van der Waals surface area contributed by atoms with Gasteiger partial charge < -0.3 is 10.2 Å². The monoisotopic (exact) mass is 253 g/mol. The van der Waals surface area contributed by atoms with E-state index < -0.39 is 0 Å². The van der Waals surface area contributed by atoms with Gasteiger partial charge >= 0.3 is 0 Å². The van der Waals surface area contributed by atoms with E-state index in [0.29, 0.717) is 11.7 Å². The Morgan fingerprint density at radius 3 is 2.94 bits per heavy atom. The van der Waals surface area contributed by atoms with Crippen LogP contribution in [-0.4, -0.2) is 41.5 Å². The average molecular weight is 253 g/mol. The van der Waals surface area contributed by atoms with Crippen LogP contribution in [-0.2, 0) is 0 Å². The number of aromatic nitrogens is 1. The van der Waals surface area contributed by atoms with Gasteiger partial charge in [0.05, 0.1) is 5.51 Å². The number of nitrogens with one attached hydrogen (secondary N) is 1. The summed E-state index contributed by atoms with van der Waals surface area (Å²) in [6.45, 7) is 4.97. The minimum atomic E-state index is 0.0972. The summed E-state index contributed by atoms with van der Waals surface area (Å²) in [6, 6.07) is 0.380. The zero-order chi connectivity index (χ0) is 12.1. The maximum Gasteiger partial charge on any atom is 0.273 e. The highest BCUT2D eigenvalue weighted by molar-refractivity contribution is 7.07. The van der Waals surface area contributed by atoms with Gasteiger partial charge in [-0.15, -0.1) is 11.3 Å². The maximum atomic E-state index is 12.3. The van der Waals surface area contributed by atoms with Gasteiger partial charge in [0.1, 0.15) is 5.69 Å². The van der Waals surface area contributed by atoms with Crippen molar-refractivity contribution in [2.75, 3.05) is 19.6 Å². The van der Waals surface area contributed by atoms with Crippen molar-refractivity contribution in [1.29, 1.82) is 0 Å². The third kappa shape index (κ3) is 3.04. The lowest BCUT2D eigenvalue weighted by Gasteiger charge is -2.34. The summed E-state index contributed by atoms with van der Waals surface area (Å²) < 4.78 is 0. The predicted molar refractivity (Wildman–Crippen MR) is 69.3 cm³/mol. The van der Waals surface area contributed by atoms with Gasteiger partial charge in [-0.3, -0.25) is 4.79 Å². The molecule has 0 aromatic carbocycles. The molecule has 2 rings (SSSR count). The number of rotatable bonds is 4. The summed E-state index contributed by atoms with van der Waals surface area (Å²) in [5.74, 6) is 0.0972. The van der Waals surface area contributed by atoms with Gasteiger partial charge in [0.2, 0.25) is 0 Å². The van der Waals surface area contributed by atoms with Crippen LogP contribution in [0.2, 0.25) is 0 Å². The fourth-order valence-electron chi connectivity index (χ4n) is 2.27. The molecule has 0 saturated carbocycles. The van der Waals surface area contributed by atoms with Crippen LogP contribution < -0.4 is 5.32 Å². The SMILES string of the molecule is CCCN(C(=O)c1cscn1)C1CCNCC1. The van der Waals surface area contributed by atoms with E-state index in [4.69, 9.17) is 0 Å². The van der Waals surface area contributed by atoms with Crippen molar-refractivity contribution in [3.8, 4) is 0 Å². The zero-order valence-corrected chi connectivity index (χ0v) is 11.0. The molecule has 5 heteroatoms. The molecule has 1 aliphatic rings. The van der Waals surface area contributed by atoms with E-state index in [2.05, 4.69) is 17.2 Å². The maximum absolute atomic E-state index is 12.3. The highest BCUT2D eigenvalue weighted by Crippen LogP contribution is 2.16. The zero-order valence-electron chi connectivity index (χ0n) is 10.2. The normalized spacial score (nSPS) is 17.0. The summed E-state index contributed by atoms with van der Waals surface area (Å²) in [7, 11) is 0. The van der Waals surface area contributed by atoms with E-state index in [1.54, 1.807) is 5.51 Å². The van der Waals surface area contributed by atoms with Crippen molar-refractivity contribution in [3.63, 3.8) is 0 Å². The smallest absolute Gasteiger partial charge is 0.273 e. The van der Waals surface area contributed by atoms with Crippen molar-refractivity contribution in [1.82, 2.24) is 15.2 Å². The van der Waals surface area contributed by atoms with Crippen LogP contribution in [0.4, 0.5) is 0 Å². The van der Waals surface area contributed by atoms with Crippen molar-refractivity contribution < 1.29 is 4.79 Å². The quantitative estimate of drug-likeness (QED) is 0.889. The Morgan fingerprint density at radius 2 is 2.35 bits per heavy atom. The molecule has 1 aromatic rings. The van der Waals surface area contributed by atoms with E-state index in [1.165, 1.54) is 11.3 Å². The molecular formula is C12H19N3OS. The van der Waals surface area contributed by atoms with E-state index in [9.17, 15) is 4.79 Å². The van der Waals surface area contributed by atoms with E-state index in [0.717, 1.165) is 38.9 Å². The third-order valence-electron chi connectivity index (χ3n) is 3.13. The minimum Gasteiger partial charge on any atom is -0.334 e. The van der Waals surface area contributed by atoms with Crippen molar-refractivity contribution >= 4 is 17.2 Å². The Hall–Kier alpha value is -0.940. The molecule has 1 aromatic heterocycles. The lowest BCUT2D eigenvalue weighted by Crippen LogP contribution is -2.46. The molecule has 0 aliphatic carbocycles. The van der Waals surface area contributed by atoms with Gasteiger partial charge in [0.15, 0.2) is 0 Å². The standard InChI is InChI=1S/C12H19N3OS/c1-2-7-15(10-3-5-13-6-4-10)12(16)11-8-17-9-14-11/h8-10,13H,2-7H2,1H3. The molecule has 4 nitrogen and oxygen atoms in total. The number of carbonyl (C=O) groups is 1. The van der Waals surface area contributed by atoms with Gasteiger partial charge in [-0.25, -0.2) is 4.98 Å². The number of carbonyl (C=O) groups excluding carboxylic acids is 1. The molecule has 0 unspecified atom stereocenters. The molecule has 0 atom stereocenters. The number of hydrogen-bond acceptors (Lipinski definition) is 4. The molecule has 0 radical (unpaired) electrons. The number of thiazole rings is 1. The van der Waals surface area contributed by atoms with Crippen LogP contribution in [0.1, 0.15) is 36.7 Å². The van der Waals surface area contributed by atoms with E-state index in [-0.39, 0.29) is 5.91 Å². The first-order chi connectivity index (χ1) is 8.33. The van der Waals surface area contributed by atoms with Gasteiger partial charge in [0.25, 0.3) is 5.91 Å². The molecule has 0 spiro atoms. The van der Waals surface area contributed by atoms with Crippen LogP contribution in [0.3, 0.4) is 0 Å². The van der Waals surface area contributed by atoms with Crippen LogP contribution in [0.25, 0.3) is 0 Å². The Bertz CT molecular complexity index is 347. The molecule has 0 bridgehead atoms. The summed E-state index contributed by atoms with van der Waals surface area (Å²) in [4.78, 5) is 18.5. The number of piperidine rings is 1. The van der Waals surface area contributed by atoms with E-state index >= 15 is 0 Å². The van der Waals surface area contributed by atoms with Crippen LogP contribution in [0.15, 0.2) is 10.9 Å². The molecule has 1 saturated heterocycles. The minimum absolute atomic E-state index is 0.0972. The second-order valence-corrected chi connectivity index (χ2v) is 5.07. The molecule has 94 valence electrons. The van der Waals surface area contributed by atoms with Crippen molar-refractivity contribution in [2.24, 2.45) is 0 Å². The number of amides is 1. The lowest BCUT2D eigenvalue weighted by atomic mass is 10.0. The van der Waals surface area contributed by atoms with Crippen LogP contribution in [0.5, 0.6) is 0 Å². The average Bonchev–Trinajstić information content (AvgIpc) is 2.90. The lowest BCUT2D eigenvalue weighted by molar-refractivity contribution is 0.0637. The second kappa shape index (κ2) is 6.12. The highest BCUT2D eigenvalue weighted by atomic mass is 32.1. The third-order valence-corrected chi connectivity index (χ3v) is 3.71. The van der Waals surface area contributed by atoms with Crippen LogP contribution in [0, 0.1) is 0 Å². The highest BCUT2D eigenvalue weighted by Gasteiger charge is 2.26. The van der Waals surface area contributed by atoms with Crippen molar-refractivity contribution in [3.05, 3.63) is 16.6 Å². The van der Waals surface area contributed by atoms with Gasteiger partial charge in [-0.1, -0.05) is 6.92 Å².